The van der Waals surface area contributed by atoms with Gasteiger partial charge in [-0.3, -0.25) is 14.9 Å². The summed E-state index contributed by atoms with van der Waals surface area (Å²) < 4.78 is 0.626. The predicted molar refractivity (Wildman–Crippen MR) is 90.5 cm³/mol. The maximum Gasteiger partial charge on any atom is 0.293 e. The fourth-order valence-corrected chi connectivity index (χ4v) is 2.46. The number of rotatable bonds is 5. The van der Waals surface area contributed by atoms with E-state index in [-0.39, 0.29) is 17.6 Å². The van der Waals surface area contributed by atoms with Crippen LogP contribution in [-0.2, 0) is 4.79 Å². The Hall–Kier alpha value is -2.48. The van der Waals surface area contributed by atoms with Crippen LogP contribution in [0.25, 0.3) is 0 Å². The number of carbonyl (C=O) groups excluding carboxylic acids is 1. The molecule has 23 heavy (non-hydrogen) atoms. The molecule has 0 saturated carbocycles. The Balaban J connectivity index is 2.33. The minimum Gasteiger partial charge on any atom is -0.350 e. The summed E-state index contributed by atoms with van der Waals surface area (Å²) in [5, 5.41) is 17.0. The Morgan fingerprint density at radius 3 is 2.70 bits per heavy atom. The largest absolute Gasteiger partial charge is 0.350 e. The molecule has 8 heteroatoms. The van der Waals surface area contributed by atoms with E-state index in [4.69, 9.17) is 0 Å². The normalized spacial score (nSPS) is 11.6. The zero-order valence-corrected chi connectivity index (χ0v) is 14.1. The second-order valence-corrected chi connectivity index (χ2v) is 5.76. The molecule has 2 rings (SSSR count). The molecule has 0 bridgehead atoms. The standard InChI is InChI=1S/C15H15BrN4O3/c1-9(18-10(2)21)11-3-4-13(14(7-11)20(22)23)19-12-5-6-17-15(16)8-12/h3-9H,1-2H3,(H,17,19)(H,18,21). The second kappa shape index (κ2) is 7.19. The molecule has 2 N–H and O–H groups in total. The van der Waals surface area contributed by atoms with Gasteiger partial charge in [0, 0.05) is 24.9 Å². The van der Waals surface area contributed by atoms with Gasteiger partial charge in [-0.1, -0.05) is 6.07 Å². The Kier molecular flexibility index (Phi) is 5.28. The first kappa shape index (κ1) is 16.9. The molecule has 0 fully saturated rings. The van der Waals surface area contributed by atoms with Crippen molar-refractivity contribution in [3.05, 3.63) is 56.8 Å². The van der Waals surface area contributed by atoms with Gasteiger partial charge in [0.1, 0.15) is 10.3 Å². The van der Waals surface area contributed by atoms with Crippen LogP contribution in [0.5, 0.6) is 0 Å². The van der Waals surface area contributed by atoms with E-state index in [1.165, 1.54) is 13.0 Å². The topological polar surface area (TPSA) is 97.2 Å². The fraction of sp³-hybridized carbons (Fsp3) is 0.200. The van der Waals surface area contributed by atoms with Crippen molar-refractivity contribution in [2.75, 3.05) is 5.32 Å². The molecule has 0 radical (unpaired) electrons. The Bertz CT molecular complexity index is 751. The van der Waals surface area contributed by atoms with E-state index in [0.717, 1.165) is 0 Å². The number of nitrogens with one attached hydrogen (secondary N) is 2. The van der Waals surface area contributed by atoms with Gasteiger partial charge in [0.05, 0.1) is 11.0 Å². The molecule has 1 aromatic carbocycles. The first-order chi connectivity index (χ1) is 10.9. The molecule has 1 heterocycles. The number of amides is 1. The van der Waals surface area contributed by atoms with Crippen LogP contribution in [0.3, 0.4) is 0 Å². The van der Waals surface area contributed by atoms with Crippen LogP contribution in [-0.4, -0.2) is 15.8 Å². The van der Waals surface area contributed by atoms with E-state index in [2.05, 4.69) is 31.5 Å². The van der Waals surface area contributed by atoms with Gasteiger partial charge in [0.2, 0.25) is 5.91 Å². The summed E-state index contributed by atoms with van der Waals surface area (Å²) in [5.74, 6) is -0.191. The summed E-state index contributed by atoms with van der Waals surface area (Å²) in [6, 6.07) is 7.95. The maximum atomic E-state index is 11.3. The number of nitro groups is 1. The summed E-state index contributed by atoms with van der Waals surface area (Å²) in [5.41, 5.74) is 1.64. The summed E-state index contributed by atoms with van der Waals surface area (Å²) in [6.07, 6.45) is 1.59. The zero-order chi connectivity index (χ0) is 17.0. The van der Waals surface area contributed by atoms with E-state index in [1.54, 1.807) is 37.4 Å². The zero-order valence-electron chi connectivity index (χ0n) is 12.5. The van der Waals surface area contributed by atoms with Crippen molar-refractivity contribution < 1.29 is 9.72 Å². The Morgan fingerprint density at radius 1 is 1.35 bits per heavy atom. The minimum absolute atomic E-state index is 0.0624. The maximum absolute atomic E-state index is 11.3. The highest BCUT2D eigenvalue weighted by Crippen LogP contribution is 2.31. The van der Waals surface area contributed by atoms with Crippen LogP contribution in [0.4, 0.5) is 17.1 Å². The van der Waals surface area contributed by atoms with Crippen molar-refractivity contribution in [3.63, 3.8) is 0 Å². The molecule has 0 saturated heterocycles. The molecular weight excluding hydrogens is 364 g/mol. The fourth-order valence-electron chi connectivity index (χ4n) is 2.10. The average molecular weight is 379 g/mol. The van der Waals surface area contributed by atoms with Crippen LogP contribution in [0, 0.1) is 10.1 Å². The molecule has 1 aromatic heterocycles. The number of aromatic nitrogens is 1. The van der Waals surface area contributed by atoms with E-state index in [1.807, 2.05) is 0 Å². The molecule has 1 amide bonds. The van der Waals surface area contributed by atoms with Crippen molar-refractivity contribution in [3.8, 4) is 0 Å². The molecule has 0 aliphatic heterocycles. The van der Waals surface area contributed by atoms with Gasteiger partial charge in [-0.05, 0) is 46.6 Å². The lowest BCUT2D eigenvalue weighted by Gasteiger charge is -2.14. The third-order valence-electron chi connectivity index (χ3n) is 3.14. The monoisotopic (exact) mass is 378 g/mol. The number of halogens is 1. The molecule has 120 valence electrons. The van der Waals surface area contributed by atoms with Crippen molar-refractivity contribution in [1.29, 1.82) is 0 Å². The van der Waals surface area contributed by atoms with Crippen LogP contribution in [0.1, 0.15) is 25.5 Å². The molecule has 1 unspecified atom stereocenters. The second-order valence-electron chi connectivity index (χ2n) is 4.95. The molecule has 0 spiro atoms. The van der Waals surface area contributed by atoms with Crippen molar-refractivity contribution >= 4 is 38.9 Å². The summed E-state index contributed by atoms with van der Waals surface area (Å²) in [4.78, 5) is 26.0. The van der Waals surface area contributed by atoms with E-state index < -0.39 is 4.92 Å². The number of benzene rings is 1. The number of hydrogen-bond donors (Lipinski definition) is 2. The molecule has 0 aliphatic carbocycles. The highest BCUT2D eigenvalue weighted by molar-refractivity contribution is 9.10. The third kappa shape index (κ3) is 4.49. The predicted octanol–water partition coefficient (Wildman–Crippen LogP) is 3.69. The molecule has 2 aromatic rings. The number of anilines is 2. The SMILES string of the molecule is CC(=O)NC(C)c1ccc(Nc2ccnc(Br)c2)c([N+](=O)[O-])c1. The number of pyridine rings is 1. The number of nitro benzene ring substituents is 1. The quantitative estimate of drug-likeness (QED) is 0.469. The lowest BCUT2D eigenvalue weighted by Crippen LogP contribution is -2.23. The smallest absolute Gasteiger partial charge is 0.293 e. The van der Waals surface area contributed by atoms with Gasteiger partial charge >= 0.3 is 0 Å². The van der Waals surface area contributed by atoms with Crippen molar-refractivity contribution in [2.45, 2.75) is 19.9 Å². The van der Waals surface area contributed by atoms with Crippen LogP contribution in [0.15, 0.2) is 41.1 Å². The lowest BCUT2D eigenvalue weighted by atomic mass is 10.1. The van der Waals surface area contributed by atoms with Gasteiger partial charge in [0.25, 0.3) is 5.69 Å². The van der Waals surface area contributed by atoms with Gasteiger partial charge in [-0.2, -0.15) is 0 Å². The Labute approximate surface area is 141 Å². The van der Waals surface area contributed by atoms with Gasteiger partial charge < -0.3 is 10.6 Å². The number of nitrogens with zero attached hydrogens (tertiary/aromatic N) is 2. The van der Waals surface area contributed by atoms with E-state index >= 15 is 0 Å². The minimum atomic E-state index is -0.456. The van der Waals surface area contributed by atoms with Crippen molar-refractivity contribution in [1.82, 2.24) is 10.3 Å². The van der Waals surface area contributed by atoms with Crippen LogP contribution >= 0.6 is 15.9 Å². The lowest BCUT2D eigenvalue weighted by molar-refractivity contribution is -0.384. The number of carbonyl (C=O) groups is 1. The van der Waals surface area contributed by atoms with Gasteiger partial charge in [-0.25, -0.2) is 4.98 Å². The first-order valence-electron chi connectivity index (χ1n) is 6.81. The highest BCUT2D eigenvalue weighted by atomic mass is 79.9. The summed E-state index contributed by atoms with van der Waals surface area (Å²) in [6.45, 7) is 3.18. The van der Waals surface area contributed by atoms with E-state index in [9.17, 15) is 14.9 Å². The molecule has 1 atom stereocenters. The van der Waals surface area contributed by atoms with Crippen LogP contribution in [0.2, 0.25) is 0 Å². The highest BCUT2D eigenvalue weighted by Gasteiger charge is 2.17. The summed E-state index contributed by atoms with van der Waals surface area (Å²) >= 11 is 3.25. The van der Waals surface area contributed by atoms with E-state index in [0.29, 0.717) is 21.5 Å². The molecule has 7 nitrogen and oxygen atoms in total. The molecule has 0 aliphatic rings. The average Bonchev–Trinajstić information content (AvgIpc) is 2.46. The van der Waals surface area contributed by atoms with Crippen LogP contribution < -0.4 is 10.6 Å². The first-order valence-corrected chi connectivity index (χ1v) is 7.60. The Morgan fingerprint density at radius 2 is 2.09 bits per heavy atom. The summed E-state index contributed by atoms with van der Waals surface area (Å²) in [7, 11) is 0. The van der Waals surface area contributed by atoms with Gasteiger partial charge in [-0.15, -0.1) is 0 Å². The third-order valence-corrected chi connectivity index (χ3v) is 3.58. The van der Waals surface area contributed by atoms with Gasteiger partial charge in [0.15, 0.2) is 0 Å². The number of hydrogen-bond acceptors (Lipinski definition) is 5. The van der Waals surface area contributed by atoms with Crippen molar-refractivity contribution in [2.24, 2.45) is 0 Å². The molecular formula is C15H15BrN4O3.